The van der Waals surface area contributed by atoms with Gasteiger partial charge in [0.05, 0.1) is 24.4 Å². The first-order valence-corrected chi connectivity index (χ1v) is 11.1. The first-order chi connectivity index (χ1) is 16.7. The minimum absolute atomic E-state index is 0.0984. The number of allylic oxidation sites excluding steroid dienone is 1. The van der Waals surface area contributed by atoms with Crippen molar-refractivity contribution in [1.29, 1.82) is 0 Å². The van der Waals surface area contributed by atoms with Crippen molar-refractivity contribution >= 4 is 17.9 Å². The lowest BCUT2D eigenvalue weighted by Crippen LogP contribution is -2.32. The molecule has 1 aliphatic rings. The highest BCUT2D eigenvalue weighted by Crippen LogP contribution is 2.35. The molecule has 35 heavy (non-hydrogen) atoms. The van der Waals surface area contributed by atoms with Crippen LogP contribution in [0.15, 0.2) is 34.6 Å². The smallest absolute Gasteiger partial charge is 0.351 e. The lowest BCUT2D eigenvalue weighted by atomic mass is 10.0. The van der Waals surface area contributed by atoms with Gasteiger partial charge in [0.15, 0.2) is 6.73 Å². The van der Waals surface area contributed by atoms with Crippen molar-refractivity contribution in [2.75, 3.05) is 46.9 Å². The molecule has 0 amide bonds. The molecule has 0 aliphatic carbocycles. The summed E-state index contributed by atoms with van der Waals surface area (Å²) < 4.78 is 23.1. The number of nitrogens with two attached hydrogens (primary N) is 1. The summed E-state index contributed by atoms with van der Waals surface area (Å²) in [5.41, 5.74) is 6.62. The molecule has 4 atom stereocenters. The van der Waals surface area contributed by atoms with Gasteiger partial charge >= 0.3 is 11.7 Å². The van der Waals surface area contributed by atoms with Crippen molar-refractivity contribution in [1.82, 2.24) is 19.9 Å². The van der Waals surface area contributed by atoms with Crippen LogP contribution >= 0.6 is 0 Å². The predicted octanol–water partition coefficient (Wildman–Crippen LogP) is 1.03. The van der Waals surface area contributed by atoms with Crippen LogP contribution < -0.4 is 16.7 Å². The van der Waals surface area contributed by atoms with E-state index in [9.17, 15) is 14.5 Å². The SMILES string of the molecule is C=C(CCC(=O)OCN(C)N=O)NC/C=C/c1cn(C2OC(COC)C(OC)C2C)c(=O)nc1N. The van der Waals surface area contributed by atoms with Gasteiger partial charge < -0.3 is 30.0 Å². The van der Waals surface area contributed by atoms with Crippen molar-refractivity contribution in [3.05, 3.63) is 45.5 Å². The van der Waals surface area contributed by atoms with Crippen LogP contribution in [0.3, 0.4) is 0 Å². The predicted molar refractivity (Wildman–Crippen MR) is 129 cm³/mol. The number of anilines is 1. The van der Waals surface area contributed by atoms with E-state index in [2.05, 4.69) is 22.2 Å². The Bertz CT molecular complexity index is 966. The average molecular weight is 495 g/mol. The molecule has 194 valence electrons. The van der Waals surface area contributed by atoms with Crippen molar-refractivity contribution in [2.45, 2.75) is 38.2 Å². The third-order valence-electron chi connectivity index (χ3n) is 5.49. The molecule has 1 saturated heterocycles. The Kier molecular flexibility index (Phi) is 10.8. The van der Waals surface area contributed by atoms with Gasteiger partial charge in [0, 0.05) is 51.2 Å². The third kappa shape index (κ3) is 7.87. The van der Waals surface area contributed by atoms with Crippen molar-refractivity contribution in [2.24, 2.45) is 11.2 Å². The topological polar surface area (TPSA) is 160 Å². The molecule has 3 N–H and O–H groups in total. The van der Waals surface area contributed by atoms with Crippen LogP contribution in [0.2, 0.25) is 0 Å². The molecule has 1 aliphatic heterocycles. The van der Waals surface area contributed by atoms with E-state index in [4.69, 9.17) is 24.7 Å². The van der Waals surface area contributed by atoms with Gasteiger partial charge in [-0.3, -0.25) is 9.36 Å². The summed E-state index contributed by atoms with van der Waals surface area (Å²) in [4.78, 5) is 38.4. The van der Waals surface area contributed by atoms with Crippen LogP contribution in [-0.4, -0.2) is 73.9 Å². The van der Waals surface area contributed by atoms with E-state index in [0.29, 0.717) is 30.8 Å². The number of nitroso groups, excluding NO2 is 1. The Morgan fingerprint density at radius 3 is 2.83 bits per heavy atom. The molecule has 1 fully saturated rings. The summed E-state index contributed by atoms with van der Waals surface area (Å²) in [6, 6.07) is 0. The molecule has 4 unspecified atom stereocenters. The van der Waals surface area contributed by atoms with Gasteiger partial charge in [0.2, 0.25) is 0 Å². The van der Waals surface area contributed by atoms with E-state index in [1.54, 1.807) is 32.6 Å². The maximum atomic E-state index is 12.5. The molecular formula is C22H34N6O7. The van der Waals surface area contributed by atoms with E-state index in [1.165, 1.54) is 11.6 Å². The molecule has 0 radical (unpaired) electrons. The van der Waals surface area contributed by atoms with Crippen molar-refractivity contribution < 1.29 is 23.7 Å². The number of nitrogens with one attached hydrogen (secondary N) is 1. The zero-order chi connectivity index (χ0) is 26.0. The van der Waals surface area contributed by atoms with Gasteiger partial charge in [-0.15, -0.1) is 4.91 Å². The first kappa shape index (κ1) is 28.0. The number of nitrogen functional groups attached to an aromatic ring is 1. The van der Waals surface area contributed by atoms with E-state index in [1.807, 2.05) is 6.92 Å². The number of hydrogen-bond acceptors (Lipinski definition) is 11. The van der Waals surface area contributed by atoms with Crippen molar-refractivity contribution in [3.63, 3.8) is 0 Å². The van der Waals surface area contributed by atoms with Crippen LogP contribution in [-0.2, 0) is 23.7 Å². The highest BCUT2D eigenvalue weighted by atomic mass is 16.6. The van der Waals surface area contributed by atoms with Crippen LogP contribution in [0.5, 0.6) is 0 Å². The monoisotopic (exact) mass is 494 g/mol. The van der Waals surface area contributed by atoms with E-state index in [-0.39, 0.29) is 37.1 Å². The fourth-order valence-electron chi connectivity index (χ4n) is 3.66. The Labute approximate surface area is 203 Å². The second-order valence-electron chi connectivity index (χ2n) is 8.12. The fourth-order valence-corrected chi connectivity index (χ4v) is 3.66. The summed E-state index contributed by atoms with van der Waals surface area (Å²) in [5.74, 6) is -0.486. The number of carbonyl (C=O) groups is 1. The molecule has 0 spiro atoms. The zero-order valence-electron chi connectivity index (χ0n) is 20.5. The number of rotatable bonds is 14. The largest absolute Gasteiger partial charge is 0.443 e. The Balaban J connectivity index is 1.94. The quantitative estimate of drug-likeness (QED) is 0.165. The fraction of sp³-hybridized carbons (Fsp3) is 0.591. The average Bonchev–Trinajstić information content (AvgIpc) is 3.14. The van der Waals surface area contributed by atoms with Gasteiger partial charge in [-0.25, -0.2) is 9.80 Å². The normalized spacial score (nSPS) is 21.7. The lowest BCUT2D eigenvalue weighted by Gasteiger charge is -2.20. The number of methoxy groups -OCH3 is 2. The summed E-state index contributed by atoms with van der Waals surface area (Å²) in [7, 11) is 4.58. The summed E-state index contributed by atoms with van der Waals surface area (Å²) in [6.45, 7) is 6.35. The zero-order valence-corrected chi connectivity index (χ0v) is 20.5. The molecule has 13 nitrogen and oxygen atoms in total. The molecule has 2 rings (SSSR count). The minimum Gasteiger partial charge on any atom is -0.443 e. The number of esters is 1. The second kappa shape index (κ2) is 13.6. The molecular weight excluding hydrogens is 460 g/mol. The Morgan fingerprint density at radius 1 is 1.43 bits per heavy atom. The number of ether oxygens (including phenoxy) is 4. The van der Waals surface area contributed by atoms with E-state index >= 15 is 0 Å². The van der Waals surface area contributed by atoms with Gasteiger partial charge in [-0.05, 0) is 6.42 Å². The molecule has 1 aromatic heterocycles. The molecule has 0 saturated carbocycles. The maximum absolute atomic E-state index is 12.5. The molecule has 0 bridgehead atoms. The highest BCUT2D eigenvalue weighted by molar-refractivity contribution is 5.69. The molecule has 1 aromatic rings. The van der Waals surface area contributed by atoms with Crippen molar-refractivity contribution in [3.8, 4) is 0 Å². The van der Waals surface area contributed by atoms with Crippen LogP contribution in [0.4, 0.5) is 5.82 Å². The Morgan fingerprint density at radius 2 is 2.17 bits per heavy atom. The second-order valence-corrected chi connectivity index (χ2v) is 8.12. The standard InChI is InChI=1S/C22H34N6O7/c1-14(8-9-18(29)34-13-27(3)26-31)24-10-6-7-16-11-28(22(30)25-20(16)23)21-15(2)19(33-5)17(35-21)12-32-4/h6-7,11,15,17,19,21,24H,1,8-10,12-13H2,2-5H3,(H2,23,25,30)/b7-6+. The van der Waals surface area contributed by atoms with Gasteiger partial charge in [-0.1, -0.05) is 25.7 Å². The number of aromatic nitrogens is 2. The number of hydrogen-bond donors (Lipinski definition) is 2. The minimum atomic E-state index is -0.576. The van der Waals surface area contributed by atoms with Crippen LogP contribution in [0.1, 0.15) is 31.6 Å². The lowest BCUT2D eigenvalue weighted by molar-refractivity contribution is -0.147. The molecule has 2 heterocycles. The van der Waals surface area contributed by atoms with E-state index in [0.717, 1.165) is 5.01 Å². The summed E-state index contributed by atoms with van der Waals surface area (Å²) >= 11 is 0. The highest BCUT2D eigenvalue weighted by Gasteiger charge is 2.43. The van der Waals surface area contributed by atoms with E-state index < -0.39 is 17.9 Å². The summed E-state index contributed by atoms with van der Waals surface area (Å²) in [5, 5.41) is 6.65. The van der Waals surface area contributed by atoms with Gasteiger partial charge in [0.25, 0.3) is 0 Å². The number of carbonyl (C=O) groups excluding carboxylic acids is 1. The van der Waals surface area contributed by atoms with Crippen LogP contribution in [0.25, 0.3) is 6.08 Å². The molecule has 0 aromatic carbocycles. The molecule has 13 heteroatoms. The summed E-state index contributed by atoms with van der Waals surface area (Å²) in [6.07, 6.45) is 4.47. The van der Waals surface area contributed by atoms with Crippen LogP contribution in [0, 0.1) is 10.8 Å². The third-order valence-corrected chi connectivity index (χ3v) is 5.49. The first-order valence-electron chi connectivity index (χ1n) is 11.1. The van der Waals surface area contributed by atoms with Gasteiger partial charge in [0.1, 0.15) is 18.1 Å². The maximum Gasteiger partial charge on any atom is 0.351 e. The Hall–Kier alpha value is -3.29. The van der Waals surface area contributed by atoms with Gasteiger partial charge in [-0.2, -0.15) is 4.98 Å². The number of nitrogens with zero attached hydrogens (tertiary/aromatic N) is 4.